The lowest BCUT2D eigenvalue weighted by molar-refractivity contribution is -0.150. The summed E-state index contributed by atoms with van der Waals surface area (Å²) in [5.74, 6) is 0.451. The third kappa shape index (κ3) is 6.60. The molecule has 0 unspecified atom stereocenters. The van der Waals surface area contributed by atoms with Crippen LogP contribution in [0.4, 0.5) is 0 Å². The second-order valence-electron chi connectivity index (χ2n) is 7.43. The summed E-state index contributed by atoms with van der Waals surface area (Å²) in [6.45, 7) is 4.85. The van der Waals surface area contributed by atoms with Gasteiger partial charge >= 0.3 is 5.97 Å². The van der Waals surface area contributed by atoms with Gasteiger partial charge in [-0.2, -0.15) is 0 Å². The van der Waals surface area contributed by atoms with Crippen LogP contribution in [0.25, 0.3) is 6.08 Å². The molecular formula is C25H29NO5. The smallest absolute Gasteiger partial charge is 0.331 e. The van der Waals surface area contributed by atoms with Crippen molar-refractivity contribution in [1.82, 2.24) is 5.32 Å². The zero-order valence-corrected chi connectivity index (χ0v) is 18.0. The maximum Gasteiger partial charge on any atom is 0.331 e. The molecule has 0 spiro atoms. The zero-order valence-electron chi connectivity index (χ0n) is 18.0. The fourth-order valence-corrected chi connectivity index (χ4v) is 3.30. The van der Waals surface area contributed by atoms with Gasteiger partial charge in [0.05, 0.1) is 19.3 Å². The Morgan fingerprint density at radius 1 is 1.10 bits per heavy atom. The average molecular weight is 424 g/mol. The molecule has 6 nitrogen and oxygen atoms in total. The lowest BCUT2D eigenvalue weighted by atomic mass is 10.0. The number of ether oxygens (including phenoxy) is 3. The van der Waals surface area contributed by atoms with E-state index in [0.717, 1.165) is 30.4 Å². The van der Waals surface area contributed by atoms with E-state index in [2.05, 4.69) is 12.2 Å². The average Bonchev–Trinajstić information content (AvgIpc) is 3.03. The molecule has 0 radical (unpaired) electrons. The second-order valence-corrected chi connectivity index (χ2v) is 7.43. The van der Waals surface area contributed by atoms with Gasteiger partial charge in [-0.15, -0.1) is 0 Å². The van der Waals surface area contributed by atoms with E-state index in [9.17, 15) is 9.59 Å². The third-order valence-electron chi connectivity index (χ3n) is 4.94. The molecule has 1 aliphatic rings. The molecular weight excluding hydrogens is 394 g/mol. The highest BCUT2D eigenvalue weighted by atomic mass is 16.5. The molecule has 1 aliphatic heterocycles. The van der Waals surface area contributed by atoms with Crippen molar-refractivity contribution in [3.8, 4) is 11.5 Å². The molecule has 1 N–H and O–H groups in total. The van der Waals surface area contributed by atoms with Gasteiger partial charge < -0.3 is 19.5 Å². The van der Waals surface area contributed by atoms with Gasteiger partial charge in [0, 0.05) is 12.5 Å². The van der Waals surface area contributed by atoms with Gasteiger partial charge in [-0.1, -0.05) is 49.7 Å². The molecule has 31 heavy (non-hydrogen) atoms. The first-order valence-electron chi connectivity index (χ1n) is 10.7. The summed E-state index contributed by atoms with van der Waals surface area (Å²) >= 11 is 0. The van der Waals surface area contributed by atoms with Crippen molar-refractivity contribution in [3.05, 3.63) is 65.7 Å². The van der Waals surface area contributed by atoms with E-state index >= 15 is 0 Å². The lowest BCUT2D eigenvalue weighted by Gasteiger charge is -2.21. The highest BCUT2D eigenvalue weighted by Crippen LogP contribution is 2.30. The second kappa shape index (κ2) is 11.2. The highest BCUT2D eigenvalue weighted by molar-refractivity contribution is 5.90. The Kier molecular flexibility index (Phi) is 8.10. The van der Waals surface area contributed by atoms with Gasteiger partial charge in [0.15, 0.2) is 17.6 Å². The summed E-state index contributed by atoms with van der Waals surface area (Å²) < 4.78 is 16.5. The van der Waals surface area contributed by atoms with Crippen molar-refractivity contribution in [3.63, 3.8) is 0 Å². The lowest BCUT2D eigenvalue weighted by Crippen LogP contribution is -2.38. The summed E-state index contributed by atoms with van der Waals surface area (Å²) in [7, 11) is 0. The van der Waals surface area contributed by atoms with E-state index in [0.29, 0.717) is 24.7 Å². The van der Waals surface area contributed by atoms with E-state index in [-0.39, 0.29) is 11.9 Å². The largest absolute Gasteiger partial charge is 0.490 e. The Labute approximate surface area is 183 Å². The molecule has 3 rings (SSSR count). The number of fused-ring (bicyclic) bond motifs is 1. The molecule has 0 fully saturated rings. The minimum atomic E-state index is -0.899. The van der Waals surface area contributed by atoms with Crippen molar-refractivity contribution in [2.75, 3.05) is 13.2 Å². The first-order valence-corrected chi connectivity index (χ1v) is 10.7. The number of hydrogen-bond acceptors (Lipinski definition) is 5. The van der Waals surface area contributed by atoms with Crippen molar-refractivity contribution >= 4 is 18.0 Å². The summed E-state index contributed by atoms with van der Waals surface area (Å²) in [6, 6.07) is 15.1. The Hall–Kier alpha value is -3.28. The predicted molar refractivity (Wildman–Crippen MR) is 119 cm³/mol. The predicted octanol–water partition coefficient (Wildman–Crippen LogP) is 4.45. The van der Waals surface area contributed by atoms with E-state index < -0.39 is 12.1 Å². The van der Waals surface area contributed by atoms with Crippen molar-refractivity contribution in [2.45, 2.75) is 45.3 Å². The molecule has 0 bridgehead atoms. The molecule has 2 aromatic carbocycles. The number of carbonyl (C=O) groups is 2. The Balaban J connectivity index is 1.55. The highest BCUT2D eigenvalue weighted by Gasteiger charge is 2.21. The van der Waals surface area contributed by atoms with Crippen LogP contribution in [-0.2, 0) is 14.3 Å². The SMILES string of the molecule is CCC[C@@H](NC(=O)[C@@H](C)OC(=O)/C=C/c1ccc2c(c1)OCCCO2)c1ccccc1. The van der Waals surface area contributed by atoms with Crippen molar-refractivity contribution < 1.29 is 23.8 Å². The number of benzene rings is 2. The van der Waals surface area contributed by atoms with Crippen molar-refractivity contribution in [1.29, 1.82) is 0 Å². The number of nitrogens with one attached hydrogen (secondary N) is 1. The van der Waals surface area contributed by atoms with Gasteiger partial charge in [0.2, 0.25) is 0 Å². The van der Waals surface area contributed by atoms with Crippen LogP contribution in [0.1, 0.15) is 50.3 Å². The summed E-state index contributed by atoms with van der Waals surface area (Å²) in [5, 5.41) is 2.98. The number of amides is 1. The van der Waals surface area contributed by atoms with Crippen LogP contribution in [0.3, 0.4) is 0 Å². The maximum atomic E-state index is 12.6. The van der Waals surface area contributed by atoms with Gasteiger partial charge in [-0.3, -0.25) is 4.79 Å². The van der Waals surface area contributed by atoms with Gasteiger partial charge in [-0.05, 0) is 42.7 Å². The molecule has 164 valence electrons. The first kappa shape index (κ1) is 22.4. The summed E-state index contributed by atoms with van der Waals surface area (Å²) in [5.41, 5.74) is 1.82. The number of hydrogen-bond donors (Lipinski definition) is 1. The minimum Gasteiger partial charge on any atom is -0.490 e. The molecule has 2 atom stereocenters. The fourth-order valence-electron chi connectivity index (χ4n) is 3.30. The normalized spacial score (nSPS) is 15.0. The molecule has 2 aromatic rings. The van der Waals surface area contributed by atoms with E-state index in [1.165, 1.54) is 6.08 Å². The number of rotatable bonds is 8. The Morgan fingerprint density at radius 2 is 1.84 bits per heavy atom. The van der Waals surface area contributed by atoms with Crippen LogP contribution in [0.15, 0.2) is 54.6 Å². The van der Waals surface area contributed by atoms with Crippen LogP contribution in [0, 0.1) is 0 Å². The van der Waals surface area contributed by atoms with Crippen LogP contribution in [0.2, 0.25) is 0 Å². The monoisotopic (exact) mass is 423 g/mol. The Bertz CT molecular complexity index is 909. The quantitative estimate of drug-likeness (QED) is 0.502. The van der Waals surface area contributed by atoms with Crippen LogP contribution < -0.4 is 14.8 Å². The van der Waals surface area contributed by atoms with Gasteiger partial charge in [-0.25, -0.2) is 4.79 Å². The molecule has 0 aromatic heterocycles. The molecule has 0 saturated heterocycles. The molecule has 6 heteroatoms. The summed E-state index contributed by atoms with van der Waals surface area (Å²) in [4.78, 5) is 24.8. The van der Waals surface area contributed by atoms with Crippen LogP contribution in [-0.4, -0.2) is 31.2 Å². The molecule has 1 heterocycles. The molecule has 1 amide bonds. The first-order chi connectivity index (χ1) is 15.1. The molecule has 0 aliphatic carbocycles. The summed E-state index contributed by atoms with van der Waals surface area (Å²) in [6.07, 6.45) is 4.60. The molecule has 0 saturated carbocycles. The standard InChI is InChI=1S/C25H29NO5/c1-3-8-21(20-9-5-4-6-10-20)26-25(28)18(2)31-24(27)14-12-19-11-13-22-23(17-19)30-16-7-15-29-22/h4-6,9-14,17-18,21H,3,7-8,15-16H2,1-2H3,(H,26,28)/b14-12+/t18-,21-/m1/s1. The minimum absolute atomic E-state index is 0.114. The van der Waals surface area contributed by atoms with E-state index in [1.807, 2.05) is 48.5 Å². The van der Waals surface area contributed by atoms with Crippen LogP contribution >= 0.6 is 0 Å². The Morgan fingerprint density at radius 3 is 2.58 bits per heavy atom. The van der Waals surface area contributed by atoms with Crippen molar-refractivity contribution in [2.24, 2.45) is 0 Å². The number of carbonyl (C=O) groups excluding carboxylic acids is 2. The van der Waals surface area contributed by atoms with Gasteiger partial charge in [0.25, 0.3) is 5.91 Å². The van der Waals surface area contributed by atoms with E-state index in [4.69, 9.17) is 14.2 Å². The topological polar surface area (TPSA) is 73.9 Å². The van der Waals surface area contributed by atoms with E-state index in [1.54, 1.807) is 13.0 Å². The fraction of sp³-hybridized carbons (Fsp3) is 0.360. The zero-order chi connectivity index (χ0) is 22.1. The van der Waals surface area contributed by atoms with Crippen LogP contribution in [0.5, 0.6) is 11.5 Å². The third-order valence-corrected chi connectivity index (χ3v) is 4.94. The van der Waals surface area contributed by atoms with Gasteiger partial charge in [0.1, 0.15) is 0 Å². The number of esters is 1. The maximum absolute atomic E-state index is 12.6.